The number of imidazole rings is 1. The van der Waals surface area contributed by atoms with Crippen molar-refractivity contribution in [3.8, 4) is 0 Å². The van der Waals surface area contributed by atoms with E-state index in [1.54, 1.807) is 0 Å². The van der Waals surface area contributed by atoms with E-state index in [0.29, 0.717) is 5.92 Å². The zero-order valence-electron chi connectivity index (χ0n) is 9.07. The molecule has 0 fully saturated rings. The van der Waals surface area contributed by atoms with Gasteiger partial charge in [0, 0.05) is 18.1 Å². The molecule has 2 rings (SSSR count). The van der Waals surface area contributed by atoms with E-state index in [-0.39, 0.29) is 0 Å². The minimum Gasteiger partial charge on any atom is -0.291 e. The van der Waals surface area contributed by atoms with E-state index in [9.17, 15) is 0 Å². The highest BCUT2D eigenvalue weighted by Crippen LogP contribution is 2.14. The molecule has 0 saturated heterocycles. The monoisotopic (exact) mass is 189 g/mol. The number of fused-ring (bicyclic) bond motifs is 1. The van der Waals surface area contributed by atoms with Crippen molar-refractivity contribution in [2.75, 3.05) is 0 Å². The van der Waals surface area contributed by atoms with E-state index in [4.69, 9.17) is 0 Å². The summed E-state index contributed by atoms with van der Waals surface area (Å²) >= 11 is 0. The molecule has 0 spiro atoms. The first kappa shape index (κ1) is 9.19. The molecule has 74 valence electrons. The van der Waals surface area contributed by atoms with Crippen molar-refractivity contribution in [3.63, 3.8) is 0 Å². The molecule has 0 bridgehead atoms. The summed E-state index contributed by atoms with van der Waals surface area (Å²) in [5.74, 6) is 1.26. The summed E-state index contributed by atoms with van der Waals surface area (Å²) < 4.78 is 2.00. The fourth-order valence-corrected chi connectivity index (χ4v) is 1.40. The Morgan fingerprint density at radius 3 is 2.50 bits per heavy atom. The van der Waals surface area contributed by atoms with Crippen LogP contribution in [0, 0.1) is 13.8 Å². The lowest BCUT2D eigenvalue weighted by Gasteiger charge is -1.98. The van der Waals surface area contributed by atoms with Crippen LogP contribution in [0.25, 0.3) is 5.78 Å². The van der Waals surface area contributed by atoms with Gasteiger partial charge in [-0.2, -0.15) is 0 Å². The number of rotatable bonds is 1. The zero-order valence-corrected chi connectivity index (χ0v) is 9.07. The summed E-state index contributed by atoms with van der Waals surface area (Å²) in [5.41, 5.74) is 3.35. The average Bonchev–Trinajstić information content (AvgIpc) is 2.48. The fourth-order valence-electron chi connectivity index (χ4n) is 1.40. The number of hydrogen-bond acceptors (Lipinski definition) is 2. The maximum absolute atomic E-state index is 4.47. The summed E-state index contributed by atoms with van der Waals surface area (Å²) in [5, 5.41) is 0. The smallest absolute Gasteiger partial charge is 0.234 e. The number of aromatic nitrogens is 3. The largest absolute Gasteiger partial charge is 0.291 e. The van der Waals surface area contributed by atoms with Crippen molar-refractivity contribution < 1.29 is 0 Å². The van der Waals surface area contributed by atoms with Crippen LogP contribution in [0.1, 0.15) is 36.7 Å². The van der Waals surface area contributed by atoms with Crippen LogP contribution >= 0.6 is 0 Å². The maximum atomic E-state index is 4.47. The number of aryl methyl sites for hydroxylation is 2. The van der Waals surface area contributed by atoms with Gasteiger partial charge in [0.2, 0.25) is 5.78 Å². The molecule has 0 atom stereocenters. The second-order valence-corrected chi connectivity index (χ2v) is 4.04. The predicted molar refractivity (Wildman–Crippen MR) is 56.6 cm³/mol. The van der Waals surface area contributed by atoms with Gasteiger partial charge in [0.1, 0.15) is 0 Å². The lowest BCUT2D eigenvalue weighted by Crippen LogP contribution is -1.93. The molecule has 2 aromatic rings. The first-order valence-electron chi connectivity index (χ1n) is 4.91. The molecule has 0 radical (unpaired) electrons. The molecule has 3 nitrogen and oxygen atoms in total. The highest BCUT2D eigenvalue weighted by molar-refractivity contribution is 5.35. The second-order valence-electron chi connectivity index (χ2n) is 4.04. The molecule has 14 heavy (non-hydrogen) atoms. The van der Waals surface area contributed by atoms with Crippen molar-refractivity contribution in [1.29, 1.82) is 0 Å². The van der Waals surface area contributed by atoms with Gasteiger partial charge in [-0.15, -0.1) is 0 Å². The lowest BCUT2D eigenvalue weighted by molar-refractivity contribution is 0.833. The minimum atomic E-state index is 0.456. The third-order valence-corrected chi connectivity index (χ3v) is 2.49. The zero-order chi connectivity index (χ0) is 10.3. The van der Waals surface area contributed by atoms with Crippen molar-refractivity contribution in [1.82, 2.24) is 14.4 Å². The molecule has 0 aliphatic heterocycles. The Labute approximate surface area is 83.8 Å². The van der Waals surface area contributed by atoms with E-state index in [1.165, 1.54) is 5.56 Å². The molecule has 2 aromatic heterocycles. The van der Waals surface area contributed by atoms with Crippen LogP contribution in [0.2, 0.25) is 0 Å². The van der Waals surface area contributed by atoms with Gasteiger partial charge >= 0.3 is 0 Å². The summed E-state index contributed by atoms with van der Waals surface area (Å²) in [6.45, 7) is 8.36. The molecule has 0 saturated carbocycles. The van der Waals surface area contributed by atoms with Crippen LogP contribution in [-0.2, 0) is 0 Å². The van der Waals surface area contributed by atoms with Crippen LogP contribution in [-0.4, -0.2) is 14.4 Å². The highest BCUT2D eigenvalue weighted by Gasteiger charge is 2.07. The summed E-state index contributed by atoms with van der Waals surface area (Å²) in [4.78, 5) is 8.90. The molecule has 0 unspecified atom stereocenters. The van der Waals surface area contributed by atoms with Crippen LogP contribution in [0.3, 0.4) is 0 Å². The summed E-state index contributed by atoms with van der Waals surface area (Å²) in [6, 6.07) is 0. The molecule has 0 aliphatic rings. The SMILES string of the molecule is Cc1cn2cc(C(C)C)nc2nc1C. The third-order valence-electron chi connectivity index (χ3n) is 2.49. The maximum Gasteiger partial charge on any atom is 0.234 e. The van der Waals surface area contributed by atoms with Crippen molar-refractivity contribution in [2.45, 2.75) is 33.6 Å². The normalized spacial score (nSPS) is 11.5. The van der Waals surface area contributed by atoms with E-state index >= 15 is 0 Å². The standard InChI is InChI=1S/C11H15N3/c1-7(2)10-6-14-5-8(3)9(4)12-11(14)13-10/h5-7H,1-4H3. The molecule has 0 aromatic carbocycles. The Kier molecular flexibility index (Phi) is 2.02. The quantitative estimate of drug-likeness (QED) is 0.689. The van der Waals surface area contributed by atoms with Gasteiger partial charge in [0.15, 0.2) is 0 Å². The lowest BCUT2D eigenvalue weighted by atomic mass is 10.2. The molecular formula is C11H15N3. The minimum absolute atomic E-state index is 0.456. The van der Waals surface area contributed by atoms with Gasteiger partial charge < -0.3 is 0 Å². The Hall–Kier alpha value is -1.38. The molecule has 0 amide bonds. The van der Waals surface area contributed by atoms with Gasteiger partial charge in [-0.25, -0.2) is 9.97 Å². The molecule has 0 N–H and O–H groups in total. The van der Waals surface area contributed by atoms with E-state index in [1.807, 2.05) is 11.3 Å². The number of nitrogens with zero attached hydrogens (tertiary/aromatic N) is 3. The van der Waals surface area contributed by atoms with Crippen LogP contribution in [0.4, 0.5) is 0 Å². The van der Waals surface area contributed by atoms with Gasteiger partial charge in [-0.1, -0.05) is 13.8 Å². The predicted octanol–water partition coefficient (Wildman–Crippen LogP) is 2.47. The average molecular weight is 189 g/mol. The van der Waals surface area contributed by atoms with E-state index < -0.39 is 0 Å². The van der Waals surface area contributed by atoms with Gasteiger partial charge in [-0.3, -0.25) is 4.40 Å². The Morgan fingerprint density at radius 2 is 1.86 bits per heavy atom. The van der Waals surface area contributed by atoms with Crippen LogP contribution < -0.4 is 0 Å². The third kappa shape index (κ3) is 1.39. The van der Waals surface area contributed by atoms with Crippen molar-refractivity contribution in [3.05, 3.63) is 29.3 Å². The van der Waals surface area contributed by atoms with Crippen molar-refractivity contribution in [2.24, 2.45) is 0 Å². The van der Waals surface area contributed by atoms with Crippen LogP contribution in [0.15, 0.2) is 12.4 Å². The van der Waals surface area contributed by atoms with Gasteiger partial charge in [0.25, 0.3) is 0 Å². The van der Waals surface area contributed by atoms with E-state index in [0.717, 1.165) is 17.2 Å². The van der Waals surface area contributed by atoms with Crippen molar-refractivity contribution >= 4 is 5.78 Å². The Balaban J connectivity index is 2.66. The molecule has 2 heterocycles. The van der Waals surface area contributed by atoms with Gasteiger partial charge in [-0.05, 0) is 25.3 Å². The van der Waals surface area contributed by atoms with Crippen LogP contribution in [0.5, 0.6) is 0 Å². The molecular weight excluding hydrogens is 174 g/mol. The Morgan fingerprint density at radius 1 is 1.14 bits per heavy atom. The number of hydrogen-bond donors (Lipinski definition) is 0. The fraction of sp³-hybridized carbons (Fsp3) is 0.455. The Bertz CT molecular complexity index is 430. The first-order valence-corrected chi connectivity index (χ1v) is 4.91. The topological polar surface area (TPSA) is 30.2 Å². The summed E-state index contributed by atoms with van der Waals surface area (Å²) in [7, 11) is 0. The highest BCUT2D eigenvalue weighted by atomic mass is 15.1. The molecule has 0 aliphatic carbocycles. The summed E-state index contributed by atoms with van der Waals surface area (Å²) in [6.07, 6.45) is 4.13. The first-order chi connectivity index (χ1) is 6.58. The molecule has 3 heteroatoms. The van der Waals surface area contributed by atoms with Gasteiger partial charge in [0.05, 0.1) is 5.69 Å². The van der Waals surface area contributed by atoms with E-state index in [2.05, 4.69) is 43.1 Å². The second kappa shape index (κ2) is 3.08.